The van der Waals surface area contributed by atoms with Gasteiger partial charge in [0, 0.05) is 6.04 Å². The molecule has 1 aliphatic heterocycles. The maximum Gasteiger partial charge on any atom is 0.237 e. The summed E-state index contributed by atoms with van der Waals surface area (Å²) in [6.07, 6.45) is 8.55. The van der Waals surface area contributed by atoms with E-state index in [2.05, 4.69) is 36.6 Å². The molecule has 3 heteroatoms. The van der Waals surface area contributed by atoms with Gasteiger partial charge < -0.3 is 10.6 Å². The van der Waals surface area contributed by atoms with Crippen LogP contribution in [0, 0.1) is 5.41 Å². The fourth-order valence-electron chi connectivity index (χ4n) is 2.68. The van der Waals surface area contributed by atoms with Crippen molar-refractivity contribution in [3.8, 4) is 0 Å². The molecule has 1 fully saturated rings. The van der Waals surface area contributed by atoms with Crippen LogP contribution in [0.1, 0.15) is 39.5 Å². The first kappa shape index (κ1) is 11.6. The first-order chi connectivity index (χ1) is 7.59. The Morgan fingerprint density at radius 2 is 2.06 bits per heavy atom. The van der Waals surface area contributed by atoms with E-state index in [1.807, 2.05) is 0 Å². The first-order valence-corrected chi connectivity index (χ1v) is 6.28. The SMILES string of the molecule is CC1(C)CCCNC1C(=O)NC1CC=CC1. The molecule has 1 heterocycles. The highest BCUT2D eigenvalue weighted by molar-refractivity contribution is 5.83. The lowest BCUT2D eigenvalue weighted by Crippen LogP contribution is -2.56. The Labute approximate surface area is 97.7 Å². The van der Waals surface area contributed by atoms with Gasteiger partial charge in [-0.1, -0.05) is 26.0 Å². The molecule has 0 aromatic rings. The van der Waals surface area contributed by atoms with Crippen molar-refractivity contribution in [2.45, 2.75) is 51.6 Å². The Morgan fingerprint density at radius 1 is 1.38 bits per heavy atom. The normalized spacial score (nSPS) is 29.2. The zero-order valence-corrected chi connectivity index (χ0v) is 10.3. The molecule has 90 valence electrons. The molecule has 0 radical (unpaired) electrons. The van der Waals surface area contributed by atoms with E-state index in [0.717, 1.165) is 25.8 Å². The van der Waals surface area contributed by atoms with Gasteiger partial charge in [-0.25, -0.2) is 0 Å². The molecule has 1 saturated heterocycles. The topological polar surface area (TPSA) is 41.1 Å². The van der Waals surface area contributed by atoms with E-state index in [-0.39, 0.29) is 17.4 Å². The summed E-state index contributed by atoms with van der Waals surface area (Å²) >= 11 is 0. The molecule has 1 unspecified atom stereocenters. The largest absolute Gasteiger partial charge is 0.351 e. The number of piperidine rings is 1. The van der Waals surface area contributed by atoms with Gasteiger partial charge in [-0.15, -0.1) is 0 Å². The van der Waals surface area contributed by atoms with E-state index in [0.29, 0.717) is 6.04 Å². The molecule has 2 N–H and O–H groups in total. The van der Waals surface area contributed by atoms with Crippen LogP contribution in [0.2, 0.25) is 0 Å². The summed E-state index contributed by atoms with van der Waals surface area (Å²) in [4.78, 5) is 12.2. The second-order valence-electron chi connectivity index (χ2n) is 5.63. The predicted octanol–water partition coefficient (Wildman–Crippen LogP) is 1.60. The summed E-state index contributed by atoms with van der Waals surface area (Å²) in [5.74, 6) is 0.179. The van der Waals surface area contributed by atoms with Crippen LogP contribution in [0.25, 0.3) is 0 Å². The summed E-state index contributed by atoms with van der Waals surface area (Å²) in [7, 11) is 0. The molecule has 0 saturated carbocycles. The molecule has 0 aromatic carbocycles. The summed E-state index contributed by atoms with van der Waals surface area (Å²) in [6, 6.07) is 0.300. The molecular formula is C13H22N2O. The molecule has 1 atom stereocenters. The standard InChI is InChI=1S/C13H22N2O/c1-13(2)8-5-9-14-11(13)12(16)15-10-6-3-4-7-10/h3-4,10-11,14H,5-9H2,1-2H3,(H,15,16). The van der Waals surface area contributed by atoms with Crippen LogP contribution >= 0.6 is 0 Å². The number of hydrogen-bond acceptors (Lipinski definition) is 2. The van der Waals surface area contributed by atoms with E-state index < -0.39 is 0 Å². The molecule has 1 aliphatic carbocycles. The Bertz CT molecular complexity index is 288. The van der Waals surface area contributed by atoms with Crippen molar-refractivity contribution in [2.75, 3.05) is 6.54 Å². The minimum Gasteiger partial charge on any atom is -0.351 e. The van der Waals surface area contributed by atoms with Gasteiger partial charge in [0.15, 0.2) is 0 Å². The highest BCUT2D eigenvalue weighted by Gasteiger charge is 2.37. The highest BCUT2D eigenvalue weighted by Crippen LogP contribution is 2.30. The maximum absolute atomic E-state index is 12.2. The van der Waals surface area contributed by atoms with E-state index >= 15 is 0 Å². The molecule has 2 rings (SSSR count). The molecular weight excluding hydrogens is 200 g/mol. The Balaban J connectivity index is 1.92. The van der Waals surface area contributed by atoms with Gasteiger partial charge in [-0.2, -0.15) is 0 Å². The summed E-state index contributed by atoms with van der Waals surface area (Å²) in [6.45, 7) is 5.32. The van der Waals surface area contributed by atoms with Gasteiger partial charge in [-0.05, 0) is 37.6 Å². The highest BCUT2D eigenvalue weighted by atomic mass is 16.2. The van der Waals surface area contributed by atoms with Crippen molar-refractivity contribution in [1.82, 2.24) is 10.6 Å². The van der Waals surface area contributed by atoms with Gasteiger partial charge in [0.2, 0.25) is 5.91 Å². The minimum atomic E-state index is -0.0261. The second-order valence-corrected chi connectivity index (χ2v) is 5.63. The number of carbonyl (C=O) groups excluding carboxylic acids is 1. The predicted molar refractivity (Wildman–Crippen MR) is 65.1 cm³/mol. The van der Waals surface area contributed by atoms with Crippen molar-refractivity contribution in [3.05, 3.63) is 12.2 Å². The molecule has 0 aromatic heterocycles. The zero-order valence-electron chi connectivity index (χ0n) is 10.3. The van der Waals surface area contributed by atoms with Crippen LogP contribution in [0.4, 0.5) is 0 Å². The van der Waals surface area contributed by atoms with Gasteiger partial charge in [0.1, 0.15) is 0 Å². The van der Waals surface area contributed by atoms with Gasteiger partial charge >= 0.3 is 0 Å². The van der Waals surface area contributed by atoms with Crippen molar-refractivity contribution in [2.24, 2.45) is 5.41 Å². The van der Waals surface area contributed by atoms with Crippen LogP contribution in [0.15, 0.2) is 12.2 Å². The third-order valence-electron chi connectivity index (χ3n) is 3.74. The van der Waals surface area contributed by atoms with Gasteiger partial charge in [-0.3, -0.25) is 4.79 Å². The van der Waals surface area contributed by atoms with E-state index in [1.54, 1.807) is 0 Å². The lowest BCUT2D eigenvalue weighted by atomic mass is 9.77. The van der Waals surface area contributed by atoms with Gasteiger partial charge in [0.05, 0.1) is 6.04 Å². The average molecular weight is 222 g/mol. The van der Waals surface area contributed by atoms with Crippen LogP contribution < -0.4 is 10.6 Å². The Kier molecular flexibility index (Phi) is 3.33. The Hall–Kier alpha value is -0.830. The lowest BCUT2D eigenvalue weighted by Gasteiger charge is -2.38. The quantitative estimate of drug-likeness (QED) is 0.697. The smallest absolute Gasteiger partial charge is 0.237 e. The lowest BCUT2D eigenvalue weighted by molar-refractivity contribution is -0.127. The number of rotatable bonds is 2. The molecule has 0 spiro atoms. The van der Waals surface area contributed by atoms with E-state index in [9.17, 15) is 4.79 Å². The molecule has 1 amide bonds. The van der Waals surface area contributed by atoms with Crippen molar-refractivity contribution >= 4 is 5.91 Å². The van der Waals surface area contributed by atoms with Crippen molar-refractivity contribution < 1.29 is 4.79 Å². The summed E-state index contributed by atoms with van der Waals surface area (Å²) in [5.41, 5.74) is 0.0777. The van der Waals surface area contributed by atoms with E-state index in [4.69, 9.17) is 0 Å². The zero-order chi connectivity index (χ0) is 11.6. The van der Waals surface area contributed by atoms with Crippen LogP contribution in [-0.4, -0.2) is 24.5 Å². The number of hydrogen-bond donors (Lipinski definition) is 2. The second kappa shape index (κ2) is 4.58. The average Bonchev–Trinajstić information content (AvgIpc) is 2.69. The molecule has 3 nitrogen and oxygen atoms in total. The number of amides is 1. The van der Waals surface area contributed by atoms with Crippen LogP contribution in [0.3, 0.4) is 0 Å². The van der Waals surface area contributed by atoms with Crippen LogP contribution in [-0.2, 0) is 4.79 Å². The van der Waals surface area contributed by atoms with Crippen molar-refractivity contribution in [1.29, 1.82) is 0 Å². The molecule has 2 aliphatic rings. The maximum atomic E-state index is 12.2. The van der Waals surface area contributed by atoms with E-state index in [1.165, 1.54) is 6.42 Å². The third-order valence-corrected chi connectivity index (χ3v) is 3.74. The monoisotopic (exact) mass is 222 g/mol. The minimum absolute atomic E-state index is 0.0261. The molecule has 16 heavy (non-hydrogen) atoms. The first-order valence-electron chi connectivity index (χ1n) is 6.28. The van der Waals surface area contributed by atoms with Crippen LogP contribution in [0.5, 0.6) is 0 Å². The fraction of sp³-hybridized carbons (Fsp3) is 0.769. The summed E-state index contributed by atoms with van der Waals surface area (Å²) in [5, 5.41) is 6.49. The molecule has 0 bridgehead atoms. The summed E-state index contributed by atoms with van der Waals surface area (Å²) < 4.78 is 0. The third kappa shape index (κ3) is 2.46. The number of nitrogens with one attached hydrogen (secondary N) is 2. The Morgan fingerprint density at radius 3 is 2.69 bits per heavy atom. The van der Waals surface area contributed by atoms with Gasteiger partial charge in [0.25, 0.3) is 0 Å². The number of carbonyl (C=O) groups is 1. The van der Waals surface area contributed by atoms with Crippen molar-refractivity contribution in [3.63, 3.8) is 0 Å². The fourth-order valence-corrected chi connectivity index (χ4v) is 2.68.